The summed E-state index contributed by atoms with van der Waals surface area (Å²) in [5.41, 5.74) is 3.13. The minimum absolute atomic E-state index is 0.0685. The molecule has 0 unspecified atom stereocenters. The summed E-state index contributed by atoms with van der Waals surface area (Å²) in [6.45, 7) is 5.32. The zero-order valence-corrected chi connectivity index (χ0v) is 12.3. The van der Waals surface area contributed by atoms with Crippen molar-refractivity contribution in [3.05, 3.63) is 35.7 Å². The molecule has 0 bridgehead atoms. The standard InChI is InChI=1S/C15H19N5O/c1-11-9-14(18-17-11)13-10-12(3-4-16-13)15(21)20-7-5-19(2)6-8-20/h3-4,9-10H,5-8H2,1-2H3,(H,17,18). The van der Waals surface area contributed by atoms with Crippen LogP contribution in [0.5, 0.6) is 0 Å². The van der Waals surface area contributed by atoms with E-state index in [0.717, 1.165) is 43.3 Å². The Labute approximate surface area is 123 Å². The molecule has 1 aliphatic rings. The van der Waals surface area contributed by atoms with Crippen molar-refractivity contribution in [3.63, 3.8) is 0 Å². The second kappa shape index (κ2) is 5.65. The van der Waals surface area contributed by atoms with E-state index >= 15 is 0 Å². The molecule has 0 aliphatic carbocycles. The van der Waals surface area contributed by atoms with Crippen LogP contribution < -0.4 is 0 Å². The maximum absolute atomic E-state index is 12.5. The number of amides is 1. The van der Waals surface area contributed by atoms with E-state index in [1.54, 1.807) is 12.3 Å². The largest absolute Gasteiger partial charge is 0.336 e. The van der Waals surface area contributed by atoms with Crippen LogP contribution in [0.1, 0.15) is 16.1 Å². The van der Waals surface area contributed by atoms with E-state index in [1.165, 1.54) is 0 Å². The molecular weight excluding hydrogens is 266 g/mol. The summed E-state index contributed by atoms with van der Waals surface area (Å²) < 4.78 is 0. The smallest absolute Gasteiger partial charge is 0.254 e. The molecule has 1 amide bonds. The van der Waals surface area contributed by atoms with E-state index in [9.17, 15) is 4.79 Å². The van der Waals surface area contributed by atoms with Gasteiger partial charge in [0.25, 0.3) is 5.91 Å². The van der Waals surface area contributed by atoms with E-state index in [4.69, 9.17) is 0 Å². The summed E-state index contributed by atoms with van der Waals surface area (Å²) in [5, 5.41) is 7.08. The van der Waals surface area contributed by atoms with Crippen LogP contribution in [0, 0.1) is 6.92 Å². The number of aryl methyl sites for hydroxylation is 1. The van der Waals surface area contributed by atoms with Crippen LogP contribution in [0.3, 0.4) is 0 Å². The maximum Gasteiger partial charge on any atom is 0.254 e. The molecule has 0 radical (unpaired) electrons. The van der Waals surface area contributed by atoms with Gasteiger partial charge in [-0.3, -0.25) is 14.9 Å². The van der Waals surface area contributed by atoms with Crippen LogP contribution in [0.25, 0.3) is 11.4 Å². The molecule has 6 heteroatoms. The number of aromatic nitrogens is 3. The average molecular weight is 285 g/mol. The van der Waals surface area contributed by atoms with E-state index in [1.807, 2.05) is 24.0 Å². The monoisotopic (exact) mass is 285 g/mol. The number of aromatic amines is 1. The van der Waals surface area contributed by atoms with Crippen molar-refractivity contribution in [1.29, 1.82) is 0 Å². The van der Waals surface area contributed by atoms with E-state index in [2.05, 4.69) is 27.1 Å². The first-order chi connectivity index (χ1) is 10.1. The van der Waals surface area contributed by atoms with Gasteiger partial charge < -0.3 is 9.80 Å². The second-order valence-corrected chi connectivity index (χ2v) is 5.46. The fraction of sp³-hybridized carbons (Fsp3) is 0.400. The minimum atomic E-state index is 0.0685. The SMILES string of the molecule is Cc1cc(-c2cc(C(=O)N3CCN(C)CC3)ccn2)n[nH]1. The zero-order chi connectivity index (χ0) is 14.8. The van der Waals surface area contributed by atoms with Gasteiger partial charge in [-0.05, 0) is 32.2 Å². The highest BCUT2D eigenvalue weighted by Crippen LogP contribution is 2.17. The quantitative estimate of drug-likeness (QED) is 0.899. The summed E-state index contributed by atoms with van der Waals surface area (Å²) in [6, 6.07) is 5.51. The van der Waals surface area contributed by atoms with Gasteiger partial charge in [0.1, 0.15) is 5.69 Å². The normalized spacial score (nSPS) is 16.2. The molecule has 21 heavy (non-hydrogen) atoms. The van der Waals surface area contributed by atoms with Crippen LogP contribution >= 0.6 is 0 Å². The van der Waals surface area contributed by atoms with Crippen molar-refractivity contribution in [2.24, 2.45) is 0 Å². The first-order valence-electron chi connectivity index (χ1n) is 7.10. The van der Waals surface area contributed by atoms with Gasteiger partial charge in [-0.25, -0.2) is 0 Å². The summed E-state index contributed by atoms with van der Waals surface area (Å²) in [6.07, 6.45) is 1.67. The Morgan fingerprint density at radius 1 is 1.19 bits per heavy atom. The fourth-order valence-corrected chi connectivity index (χ4v) is 2.45. The van der Waals surface area contributed by atoms with Crippen LogP contribution in [-0.2, 0) is 0 Å². The lowest BCUT2D eigenvalue weighted by Gasteiger charge is -2.32. The molecule has 1 fully saturated rings. The highest BCUT2D eigenvalue weighted by Gasteiger charge is 2.20. The predicted octanol–water partition coefficient (Wildman–Crippen LogP) is 1.17. The lowest BCUT2D eigenvalue weighted by Crippen LogP contribution is -2.47. The van der Waals surface area contributed by atoms with Gasteiger partial charge in [-0.15, -0.1) is 0 Å². The van der Waals surface area contributed by atoms with Crippen LogP contribution in [0.4, 0.5) is 0 Å². The van der Waals surface area contributed by atoms with Gasteiger partial charge >= 0.3 is 0 Å². The summed E-state index contributed by atoms with van der Waals surface area (Å²) in [5.74, 6) is 0.0685. The number of pyridine rings is 1. The minimum Gasteiger partial charge on any atom is -0.336 e. The van der Waals surface area contributed by atoms with Crippen molar-refractivity contribution in [2.75, 3.05) is 33.2 Å². The lowest BCUT2D eigenvalue weighted by molar-refractivity contribution is 0.0664. The highest BCUT2D eigenvalue weighted by atomic mass is 16.2. The van der Waals surface area contributed by atoms with Gasteiger partial charge in [0.2, 0.25) is 0 Å². The third-order valence-corrected chi connectivity index (χ3v) is 3.77. The number of H-pyrrole nitrogens is 1. The van der Waals surface area contributed by atoms with E-state index in [-0.39, 0.29) is 5.91 Å². The molecule has 2 aromatic rings. The number of hydrogen-bond donors (Lipinski definition) is 1. The Bertz CT molecular complexity index is 643. The maximum atomic E-state index is 12.5. The Kier molecular flexibility index (Phi) is 3.70. The van der Waals surface area contributed by atoms with E-state index in [0.29, 0.717) is 5.56 Å². The fourth-order valence-electron chi connectivity index (χ4n) is 2.45. The van der Waals surface area contributed by atoms with Gasteiger partial charge in [0.15, 0.2) is 0 Å². The number of piperazine rings is 1. The van der Waals surface area contributed by atoms with Crippen molar-refractivity contribution >= 4 is 5.91 Å². The average Bonchev–Trinajstić information content (AvgIpc) is 2.94. The number of carbonyl (C=O) groups excluding carboxylic acids is 1. The van der Waals surface area contributed by atoms with Crippen LogP contribution in [-0.4, -0.2) is 64.1 Å². The number of rotatable bonds is 2. The number of hydrogen-bond acceptors (Lipinski definition) is 4. The predicted molar refractivity (Wildman–Crippen MR) is 80.0 cm³/mol. The van der Waals surface area contributed by atoms with E-state index < -0.39 is 0 Å². The van der Waals surface area contributed by atoms with Gasteiger partial charge in [-0.2, -0.15) is 5.10 Å². The summed E-state index contributed by atoms with van der Waals surface area (Å²) >= 11 is 0. The molecule has 2 aromatic heterocycles. The molecule has 6 nitrogen and oxygen atoms in total. The zero-order valence-electron chi connectivity index (χ0n) is 12.3. The molecule has 1 saturated heterocycles. The lowest BCUT2D eigenvalue weighted by atomic mass is 10.1. The molecule has 0 spiro atoms. The Balaban J connectivity index is 1.81. The molecule has 0 saturated carbocycles. The first-order valence-corrected chi connectivity index (χ1v) is 7.10. The Hall–Kier alpha value is -2.21. The number of carbonyl (C=O) groups is 1. The molecule has 110 valence electrons. The topological polar surface area (TPSA) is 65.1 Å². The third kappa shape index (κ3) is 2.95. The highest BCUT2D eigenvalue weighted by molar-refractivity contribution is 5.95. The molecule has 1 aliphatic heterocycles. The van der Waals surface area contributed by atoms with Crippen molar-refractivity contribution in [3.8, 4) is 11.4 Å². The number of nitrogens with zero attached hydrogens (tertiary/aromatic N) is 4. The molecular formula is C15H19N5O. The summed E-state index contributed by atoms with van der Waals surface area (Å²) in [4.78, 5) is 21.0. The van der Waals surface area contributed by atoms with Crippen LogP contribution in [0.2, 0.25) is 0 Å². The molecule has 0 aromatic carbocycles. The first kappa shape index (κ1) is 13.8. The third-order valence-electron chi connectivity index (χ3n) is 3.77. The van der Waals surface area contributed by atoms with Crippen LogP contribution in [0.15, 0.2) is 24.4 Å². The molecule has 0 atom stereocenters. The van der Waals surface area contributed by atoms with Gasteiger partial charge in [-0.1, -0.05) is 0 Å². The number of likely N-dealkylation sites (N-methyl/N-ethyl adjacent to an activating group) is 1. The molecule has 3 heterocycles. The molecule has 1 N–H and O–H groups in total. The van der Waals surface area contributed by atoms with Gasteiger partial charge in [0.05, 0.1) is 5.69 Å². The van der Waals surface area contributed by atoms with Crippen molar-refractivity contribution in [2.45, 2.75) is 6.92 Å². The van der Waals surface area contributed by atoms with Gasteiger partial charge in [0, 0.05) is 43.6 Å². The van der Waals surface area contributed by atoms with Crippen molar-refractivity contribution < 1.29 is 4.79 Å². The Morgan fingerprint density at radius 3 is 2.62 bits per heavy atom. The second-order valence-electron chi connectivity index (χ2n) is 5.46. The summed E-state index contributed by atoms with van der Waals surface area (Å²) in [7, 11) is 2.08. The van der Waals surface area contributed by atoms with Crippen molar-refractivity contribution in [1.82, 2.24) is 25.0 Å². The Morgan fingerprint density at radius 2 is 1.95 bits per heavy atom. The number of nitrogens with one attached hydrogen (secondary N) is 1. The molecule has 3 rings (SSSR count).